The number of nitrogens with two attached hydrogens (primary N) is 1. The fraction of sp³-hybridized carbons (Fsp3) is 1.00. The molecule has 0 radical (unpaired) electrons. The molecule has 0 saturated heterocycles. The molecule has 2 N–H and O–H groups in total. The Morgan fingerprint density at radius 1 is 1.40 bits per heavy atom. The Labute approximate surface area is 61.8 Å². The Morgan fingerprint density at radius 3 is 2.40 bits per heavy atom. The van der Waals surface area contributed by atoms with Gasteiger partial charge in [0.2, 0.25) is 0 Å². The number of rotatable bonds is 1. The molecule has 0 aromatic heterocycles. The minimum absolute atomic E-state index is 0.119. The van der Waals surface area contributed by atoms with E-state index in [4.69, 9.17) is 5.73 Å². The first-order chi connectivity index (χ1) is 4.72. The predicted molar refractivity (Wildman–Crippen MR) is 40.5 cm³/mol. The third kappa shape index (κ3) is 1.69. The van der Waals surface area contributed by atoms with E-state index in [2.05, 4.69) is 0 Å². The van der Waals surface area contributed by atoms with E-state index in [1.165, 1.54) is 6.42 Å². The number of hydrogen-bond donors (Lipinski definition) is 1. The van der Waals surface area contributed by atoms with Crippen LogP contribution < -0.4 is 5.73 Å². The van der Waals surface area contributed by atoms with Gasteiger partial charge in [-0.2, -0.15) is 0 Å². The summed E-state index contributed by atoms with van der Waals surface area (Å²) in [7, 11) is 0. The predicted octanol–water partition coefficient (Wildman–Crippen LogP) is 1.86. The highest BCUT2D eigenvalue weighted by Gasteiger charge is 2.26. The summed E-state index contributed by atoms with van der Waals surface area (Å²) >= 11 is 0. The molecular weight excluding hydrogens is 129 g/mol. The first kappa shape index (κ1) is 7.99. The van der Waals surface area contributed by atoms with Crippen molar-refractivity contribution in [3.05, 3.63) is 0 Å². The SMILES string of the molecule is CC(F)C1CCCCC1N. The molecule has 1 saturated carbocycles. The first-order valence-electron chi connectivity index (χ1n) is 4.11. The van der Waals surface area contributed by atoms with Crippen molar-refractivity contribution >= 4 is 0 Å². The first-order valence-corrected chi connectivity index (χ1v) is 4.11. The van der Waals surface area contributed by atoms with Crippen molar-refractivity contribution in [3.63, 3.8) is 0 Å². The van der Waals surface area contributed by atoms with Gasteiger partial charge in [0.25, 0.3) is 0 Å². The second-order valence-electron chi connectivity index (χ2n) is 3.29. The summed E-state index contributed by atoms with van der Waals surface area (Å²) in [4.78, 5) is 0. The lowest BCUT2D eigenvalue weighted by Gasteiger charge is -2.29. The second-order valence-corrected chi connectivity index (χ2v) is 3.29. The van der Waals surface area contributed by atoms with Gasteiger partial charge in [-0.05, 0) is 19.8 Å². The molecule has 1 nitrogen and oxygen atoms in total. The van der Waals surface area contributed by atoms with Crippen molar-refractivity contribution in [2.75, 3.05) is 0 Å². The zero-order valence-corrected chi connectivity index (χ0v) is 6.52. The number of hydrogen-bond acceptors (Lipinski definition) is 1. The van der Waals surface area contributed by atoms with Gasteiger partial charge in [0, 0.05) is 12.0 Å². The highest BCUT2D eigenvalue weighted by atomic mass is 19.1. The molecule has 1 aliphatic rings. The number of halogens is 1. The summed E-state index contributed by atoms with van der Waals surface area (Å²) in [5, 5.41) is 0. The Kier molecular flexibility index (Phi) is 2.66. The molecule has 0 spiro atoms. The van der Waals surface area contributed by atoms with Crippen molar-refractivity contribution < 1.29 is 4.39 Å². The van der Waals surface area contributed by atoms with Crippen molar-refractivity contribution in [1.29, 1.82) is 0 Å². The van der Waals surface area contributed by atoms with Crippen LogP contribution in [0.3, 0.4) is 0 Å². The van der Waals surface area contributed by atoms with E-state index in [1.54, 1.807) is 6.92 Å². The van der Waals surface area contributed by atoms with Crippen molar-refractivity contribution in [2.24, 2.45) is 11.7 Å². The molecule has 0 aliphatic heterocycles. The molecule has 0 aromatic rings. The molecule has 0 amide bonds. The summed E-state index contributed by atoms with van der Waals surface area (Å²) in [5.41, 5.74) is 5.74. The summed E-state index contributed by atoms with van der Waals surface area (Å²) in [6, 6.07) is 0.119. The van der Waals surface area contributed by atoms with Gasteiger partial charge in [-0.25, -0.2) is 4.39 Å². The number of alkyl halides is 1. The second kappa shape index (κ2) is 3.33. The van der Waals surface area contributed by atoms with Crippen molar-refractivity contribution in [2.45, 2.75) is 44.8 Å². The average Bonchev–Trinajstić information content (AvgIpc) is 1.88. The summed E-state index contributed by atoms with van der Waals surface area (Å²) < 4.78 is 12.8. The summed E-state index contributed by atoms with van der Waals surface area (Å²) in [6.07, 6.45) is 3.63. The molecule has 1 aliphatic carbocycles. The maximum Gasteiger partial charge on any atom is 0.102 e. The van der Waals surface area contributed by atoms with E-state index in [1.807, 2.05) is 0 Å². The van der Waals surface area contributed by atoms with Gasteiger partial charge in [-0.1, -0.05) is 12.8 Å². The molecule has 3 unspecified atom stereocenters. The Hall–Kier alpha value is -0.110. The van der Waals surface area contributed by atoms with E-state index in [0.717, 1.165) is 19.3 Å². The van der Waals surface area contributed by atoms with Gasteiger partial charge in [0.05, 0.1) is 0 Å². The monoisotopic (exact) mass is 145 g/mol. The zero-order valence-electron chi connectivity index (χ0n) is 6.52. The molecule has 10 heavy (non-hydrogen) atoms. The molecule has 3 atom stereocenters. The van der Waals surface area contributed by atoms with Gasteiger partial charge in [0.15, 0.2) is 0 Å². The highest BCUT2D eigenvalue weighted by molar-refractivity contribution is 4.81. The van der Waals surface area contributed by atoms with Crippen molar-refractivity contribution in [1.82, 2.24) is 0 Å². The van der Waals surface area contributed by atoms with Crippen LogP contribution in [0.15, 0.2) is 0 Å². The van der Waals surface area contributed by atoms with Gasteiger partial charge in [-0.3, -0.25) is 0 Å². The van der Waals surface area contributed by atoms with E-state index in [9.17, 15) is 4.39 Å². The maximum absolute atomic E-state index is 12.8. The molecule has 1 rings (SSSR count). The summed E-state index contributed by atoms with van der Waals surface area (Å²) in [5.74, 6) is 0.133. The lowest BCUT2D eigenvalue weighted by molar-refractivity contribution is 0.174. The molecule has 60 valence electrons. The van der Waals surface area contributed by atoms with Crippen LogP contribution in [-0.4, -0.2) is 12.2 Å². The van der Waals surface area contributed by atoms with Crippen LogP contribution in [0.5, 0.6) is 0 Å². The molecule has 0 bridgehead atoms. The van der Waals surface area contributed by atoms with E-state index < -0.39 is 6.17 Å². The van der Waals surface area contributed by atoms with Crippen LogP contribution >= 0.6 is 0 Å². The van der Waals surface area contributed by atoms with E-state index >= 15 is 0 Å². The van der Waals surface area contributed by atoms with Gasteiger partial charge in [0.1, 0.15) is 6.17 Å². The van der Waals surface area contributed by atoms with Gasteiger partial charge >= 0.3 is 0 Å². The fourth-order valence-electron chi connectivity index (χ4n) is 1.76. The van der Waals surface area contributed by atoms with E-state index in [-0.39, 0.29) is 12.0 Å². The van der Waals surface area contributed by atoms with Crippen LogP contribution in [0.4, 0.5) is 4.39 Å². The topological polar surface area (TPSA) is 26.0 Å². The van der Waals surface area contributed by atoms with Crippen LogP contribution in [0, 0.1) is 5.92 Å². The lowest BCUT2D eigenvalue weighted by atomic mass is 9.82. The van der Waals surface area contributed by atoms with Crippen LogP contribution in [-0.2, 0) is 0 Å². The Balaban J connectivity index is 2.40. The largest absolute Gasteiger partial charge is 0.327 e. The van der Waals surface area contributed by atoms with Crippen LogP contribution in [0.2, 0.25) is 0 Å². The van der Waals surface area contributed by atoms with Gasteiger partial charge in [-0.15, -0.1) is 0 Å². The standard InChI is InChI=1S/C8H16FN/c1-6(9)7-4-2-3-5-8(7)10/h6-8H,2-5,10H2,1H3. The Morgan fingerprint density at radius 2 is 2.00 bits per heavy atom. The van der Waals surface area contributed by atoms with Crippen LogP contribution in [0.25, 0.3) is 0 Å². The molecule has 0 heterocycles. The highest BCUT2D eigenvalue weighted by Crippen LogP contribution is 2.26. The average molecular weight is 145 g/mol. The molecule has 2 heteroatoms. The van der Waals surface area contributed by atoms with Crippen molar-refractivity contribution in [3.8, 4) is 0 Å². The normalized spacial score (nSPS) is 37.5. The molecule has 1 fully saturated rings. The van der Waals surface area contributed by atoms with E-state index in [0.29, 0.717) is 0 Å². The quantitative estimate of drug-likeness (QED) is 0.598. The lowest BCUT2D eigenvalue weighted by Crippen LogP contribution is -2.37. The smallest absolute Gasteiger partial charge is 0.102 e. The molecule has 0 aromatic carbocycles. The van der Waals surface area contributed by atoms with Gasteiger partial charge < -0.3 is 5.73 Å². The minimum atomic E-state index is -0.713. The maximum atomic E-state index is 12.8. The third-order valence-electron chi connectivity index (χ3n) is 2.46. The van der Waals surface area contributed by atoms with Crippen LogP contribution in [0.1, 0.15) is 32.6 Å². The minimum Gasteiger partial charge on any atom is -0.327 e. The zero-order chi connectivity index (χ0) is 7.56. The molecular formula is C8H16FN. The Bertz CT molecular complexity index is 103. The summed E-state index contributed by atoms with van der Waals surface area (Å²) in [6.45, 7) is 1.62. The third-order valence-corrected chi connectivity index (χ3v) is 2.46. The fourth-order valence-corrected chi connectivity index (χ4v) is 1.76.